The molecule has 0 unspecified atom stereocenters. The van der Waals surface area contributed by atoms with Crippen molar-refractivity contribution in [3.63, 3.8) is 0 Å². The molecule has 0 bridgehead atoms. The maximum atomic E-state index is 12.9. The van der Waals surface area contributed by atoms with Crippen LogP contribution in [0.4, 0.5) is 30.2 Å². The third kappa shape index (κ3) is 3.08. The van der Waals surface area contributed by atoms with Gasteiger partial charge in [0.15, 0.2) is 0 Å². The minimum atomic E-state index is -4.58. The topological polar surface area (TPSA) is 61.8 Å². The maximum Gasteiger partial charge on any atom is 0.417 e. The highest BCUT2D eigenvalue weighted by Gasteiger charge is 2.33. The summed E-state index contributed by atoms with van der Waals surface area (Å²) in [5, 5.41) is 11.6. The molecule has 3 nitrogen and oxygen atoms in total. The van der Waals surface area contributed by atoms with Gasteiger partial charge in [0.2, 0.25) is 0 Å². The molecule has 108 valence electrons. The smallest absolute Gasteiger partial charge is 0.397 e. The van der Waals surface area contributed by atoms with Gasteiger partial charge in [-0.2, -0.15) is 18.4 Å². The molecule has 2 aromatic rings. The zero-order chi connectivity index (χ0) is 15.6. The van der Waals surface area contributed by atoms with Crippen LogP contribution in [0.1, 0.15) is 16.7 Å². The quantitative estimate of drug-likeness (QED) is 0.815. The summed E-state index contributed by atoms with van der Waals surface area (Å²) < 4.78 is 38.7. The average Bonchev–Trinajstić information content (AvgIpc) is 2.43. The SMILES string of the molecule is Cc1cccc(Nc2ccc(C#N)c(C(F)(F)F)c2)c1N. The monoisotopic (exact) mass is 291 g/mol. The summed E-state index contributed by atoms with van der Waals surface area (Å²) in [5.41, 5.74) is 6.52. The molecule has 2 aromatic carbocycles. The second-order valence-corrected chi connectivity index (χ2v) is 4.53. The van der Waals surface area contributed by atoms with E-state index in [2.05, 4.69) is 5.32 Å². The summed E-state index contributed by atoms with van der Waals surface area (Å²) in [6, 6.07) is 10.2. The van der Waals surface area contributed by atoms with Gasteiger partial charge in [-0.25, -0.2) is 0 Å². The Morgan fingerprint density at radius 3 is 2.52 bits per heavy atom. The van der Waals surface area contributed by atoms with Gasteiger partial charge < -0.3 is 11.1 Å². The van der Waals surface area contributed by atoms with Crippen LogP contribution in [0.3, 0.4) is 0 Å². The number of nitrogen functional groups attached to an aromatic ring is 1. The molecule has 21 heavy (non-hydrogen) atoms. The molecule has 2 rings (SSSR count). The first-order valence-corrected chi connectivity index (χ1v) is 6.06. The zero-order valence-electron chi connectivity index (χ0n) is 11.1. The molecular weight excluding hydrogens is 279 g/mol. The van der Waals surface area contributed by atoms with E-state index in [1.54, 1.807) is 31.2 Å². The Morgan fingerprint density at radius 1 is 1.19 bits per heavy atom. The Morgan fingerprint density at radius 2 is 1.90 bits per heavy atom. The van der Waals surface area contributed by atoms with Crippen molar-refractivity contribution >= 4 is 17.1 Å². The predicted octanol–water partition coefficient (Wildman–Crippen LogP) is 4.21. The standard InChI is InChI=1S/C15H12F3N3/c1-9-3-2-4-13(14(9)20)21-11-6-5-10(8-19)12(7-11)15(16,17)18/h2-7,21H,20H2,1H3. The van der Waals surface area contributed by atoms with Crippen LogP contribution in [-0.4, -0.2) is 0 Å². The van der Waals surface area contributed by atoms with Crippen molar-refractivity contribution < 1.29 is 13.2 Å². The Bertz CT molecular complexity index is 715. The van der Waals surface area contributed by atoms with Crippen LogP contribution in [0.15, 0.2) is 36.4 Å². The number of benzene rings is 2. The molecule has 0 amide bonds. The molecule has 0 saturated heterocycles. The number of nitrogens with one attached hydrogen (secondary N) is 1. The van der Waals surface area contributed by atoms with Gasteiger partial charge in [-0.1, -0.05) is 12.1 Å². The van der Waals surface area contributed by atoms with Crippen LogP contribution in [0.25, 0.3) is 0 Å². The van der Waals surface area contributed by atoms with Crippen molar-refractivity contribution in [1.82, 2.24) is 0 Å². The Labute approximate surface area is 119 Å². The van der Waals surface area contributed by atoms with Crippen molar-refractivity contribution in [3.8, 4) is 6.07 Å². The summed E-state index contributed by atoms with van der Waals surface area (Å²) in [6.45, 7) is 1.81. The minimum Gasteiger partial charge on any atom is -0.397 e. The van der Waals surface area contributed by atoms with Gasteiger partial charge in [0.25, 0.3) is 0 Å². The first-order valence-electron chi connectivity index (χ1n) is 6.06. The fraction of sp³-hybridized carbons (Fsp3) is 0.133. The molecule has 0 radical (unpaired) electrons. The molecule has 0 heterocycles. The van der Waals surface area contributed by atoms with E-state index in [0.717, 1.165) is 17.7 Å². The highest BCUT2D eigenvalue weighted by Crippen LogP contribution is 2.35. The second-order valence-electron chi connectivity index (χ2n) is 4.53. The first kappa shape index (κ1) is 14.7. The number of halogens is 3. The van der Waals surface area contributed by atoms with Crippen LogP contribution in [0, 0.1) is 18.3 Å². The summed E-state index contributed by atoms with van der Waals surface area (Å²) in [7, 11) is 0. The number of aryl methyl sites for hydroxylation is 1. The molecule has 0 aromatic heterocycles. The van der Waals surface area contributed by atoms with Crippen LogP contribution in [0.2, 0.25) is 0 Å². The zero-order valence-corrected chi connectivity index (χ0v) is 11.1. The Kier molecular flexibility index (Phi) is 3.76. The first-order chi connectivity index (χ1) is 9.82. The maximum absolute atomic E-state index is 12.9. The lowest BCUT2D eigenvalue weighted by Crippen LogP contribution is -2.08. The molecule has 0 spiro atoms. The fourth-order valence-electron chi connectivity index (χ4n) is 1.90. The summed E-state index contributed by atoms with van der Waals surface area (Å²) in [4.78, 5) is 0. The van der Waals surface area contributed by atoms with Gasteiger partial charge in [-0.05, 0) is 36.8 Å². The fourth-order valence-corrected chi connectivity index (χ4v) is 1.90. The number of para-hydroxylation sites is 1. The molecule has 0 aliphatic carbocycles. The number of nitrogens with zero attached hydrogens (tertiary/aromatic N) is 1. The molecule has 0 saturated carbocycles. The third-order valence-corrected chi connectivity index (χ3v) is 3.05. The molecular formula is C15H12F3N3. The highest BCUT2D eigenvalue weighted by molar-refractivity contribution is 5.75. The van der Waals surface area contributed by atoms with Gasteiger partial charge >= 0.3 is 6.18 Å². The summed E-state index contributed by atoms with van der Waals surface area (Å²) in [5.74, 6) is 0. The van der Waals surface area contributed by atoms with Gasteiger partial charge in [-0.3, -0.25) is 0 Å². The van der Waals surface area contributed by atoms with E-state index in [-0.39, 0.29) is 5.69 Å². The van der Waals surface area contributed by atoms with Gasteiger partial charge in [0.05, 0.1) is 28.6 Å². The van der Waals surface area contributed by atoms with E-state index in [1.165, 1.54) is 6.07 Å². The van der Waals surface area contributed by atoms with E-state index in [0.29, 0.717) is 11.4 Å². The van der Waals surface area contributed by atoms with Gasteiger partial charge in [0.1, 0.15) is 0 Å². The van der Waals surface area contributed by atoms with E-state index in [4.69, 9.17) is 11.0 Å². The Hall–Kier alpha value is -2.68. The van der Waals surface area contributed by atoms with Crippen LogP contribution in [-0.2, 0) is 6.18 Å². The molecule has 0 atom stereocenters. The van der Waals surface area contributed by atoms with Crippen molar-refractivity contribution in [2.24, 2.45) is 0 Å². The lowest BCUT2D eigenvalue weighted by Gasteiger charge is -2.14. The van der Waals surface area contributed by atoms with Crippen molar-refractivity contribution in [1.29, 1.82) is 5.26 Å². The van der Waals surface area contributed by atoms with Gasteiger partial charge in [-0.15, -0.1) is 0 Å². The minimum absolute atomic E-state index is 0.221. The number of rotatable bonds is 2. The van der Waals surface area contributed by atoms with Crippen LogP contribution < -0.4 is 11.1 Å². The normalized spacial score (nSPS) is 11.0. The lowest BCUT2D eigenvalue weighted by atomic mass is 10.1. The van der Waals surface area contributed by atoms with Gasteiger partial charge in [0, 0.05) is 5.69 Å². The number of hydrogen-bond acceptors (Lipinski definition) is 3. The predicted molar refractivity (Wildman–Crippen MR) is 75.0 cm³/mol. The van der Waals surface area contributed by atoms with E-state index >= 15 is 0 Å². The Balaban J connectivity index is 2.43. The number of nitriles is 1. The lowest BCUT2D eigenvalue weighted by molar-refractivity contribution is -0.137. The largest absolute Gasteiger partial charge is 0.417 e. The average molecular weight is 291 g/mol. The summed E-state index contributed by atoms with van der Waals surface area (Å²) in [6.07, 6.45) is -4.58. The number of alkyl halides is 3. The number of anilines is 3. The third-order valence-electron chi connectivity index (χ3n) is 3.05. The van der Waals surface area contributed by atoms with E-state index in [9.17, 15) is 13.2 Å². The summed E-state index contributed by atoms with van der Waals surface area (Å²) >= 11 is 0. The molecule has 3 N–H and O–H groups in total. The second kappa shape index (κ2) is 5.37. The van der Waals surface area contributed by atoms with E-state index in [1.807, 2.05) is 0 Å². The molecule has 0 aliphatic heterocycles. The van der Waals surface area contributed by atoms with Crippen molar-refractivity contribution in [2.45, 2.75) is 13.1 Å². The molecule has 0 fully saturated rings. The molecule has 6 heteroatoms. The van der Waals surface area contributed by atoms with Crippen molar-refractivity contribution in [3.05, 3.63) is 53.1 Å². The van der Waals surface area contributed by atoms with Crippen LogP contribution in [0.5, 0.6) is 0 Å². The molecule has 0 aliphatic rings. The van der Waals surface area contributed by atoms with Crippen molar-refractivity contribution in [2.75, 3.05) is 11.1 Å². The van der Waals surface area contributed by atoms with Crippen LogP contribution >= 0.6 is 0 Å². The van der Waals surface area contributed by atoms with E-state index < -0.39 is 17.3 Å². The number of nitrogens with two attached hydrogens (primary N) is 1. The highest BCUT2D eigenvalue weighted by atomic mass is 19.4. The number of hydrogen-bond donors (Lipinski definition) is 2.